The van der Waals surface area contributed by atoms with Gasteiger partial charge >= 0.3 is 7.12 Å². The predicted octanol–water partition coefficient (Wildman–Crippen LogP) is 1.90. The number of hydrogen-bond donors (Lipinski definition) is 0. The van der Waals surface area contributed by atoms with Gasteiger partial charge in [0.25, 0.3) is 6.08 Å². The Morgan fingerprint density at radius 2 is 1.72 bits per heavy atom. The van der Waals surface area contributed by atoms with E-state index in [2.05, 4.69) is 4.98 Å². The number of rotatable bonds is 2. The molecule has 2 rings (SSSR count). The SMILES string of the molecule is CC(C)n1cc(B2OC(C)(C)C(C)(C)O2)nc1F. The molecule has 100 valence electrons. The lowest BCUT2D eigenvalue weighted by Gasteiger charge is -2.32. The van der Waals surface area contributed by atoms with Crippen molar-refractivity contribution < 1.29 is 13.7 Å². The molecule has 1 aliphatic heterocycles. The third kappa shape index (κ3) is 2.08. The lowest BCUT2D eigenvalue weighted by Crippen LogP contribution is -2.41. The normalized spacial score (nSPS) is 21.9. The molecular weight excluding hydrogens is 234 g/mol. The number of nitrogens with zero attached hydrogens (tertiary/aromatic N) is 2. The quantitative estimate of drug-likeness (QED) is 0.756. The van der Waals surface area contributed by atoms with E-state index in [4.69, 9.17) is 9.31 Å². The average molecular weight is 254 g/mol. The van der Waals surface area contributed by atoms with Gasteiger partial charge in [-0.1, -0.05) is 0 Å². The van der Waals surface area contributed by atoms with Crippen molar-refractivity contribution in [3.05, 3.63) is 12.3 Å². The molecule has 4 nitrogen and oxygen atoms in total. The first-order valence-electron chi connectivity index (χ1n) is 6.24. The molecule has 0 unspecified atom stereocenters. The standard InChI is InChI=1S/C12H20BFN2O2/c1-8(2)16-7-9(15-10(16)14)13-17-11(3,4)12(5,6)18-13/h7-8H,1-6H3. The van der Waals surface area contributed by atoms with Crippen molar-refractivity contribution in [3.63, 3.8) is 0 Å². The van der Waals surface area contributed by atoms with Gasteiger partial charge in [0.15, 0.2) is 0 Å². The second-order valence-corrected chi connectivity index (χ2v) is 6.02. The summed E-state index contributed by atoms with van der Waals surface area (Å²) in [6.07, 6.45) is 1.15. The molecule has 0 aromatic carbocycles. The van der Waals surface area contributed by atoms with Gasteiger partial charge < -0.3 is 13.9 Å². The molecule has 6 heteroatoms. The van der Waals surface area contributed by atoms with Gasteiger partial charge in [-0.05, 0) is 41.5 Å². The monoisotopic (exact) mass is 254 g/mol. The fourth-order valence-corrected chi connectivity index (χ4v) is 1.83. The van der Waals surface area contributed by atoms with Crippen LogP contribution in [0.1, 0.15) is 47.6 Å². The van der Waals surface area contributed by atoms with E-state index in [0.717, 1.165) is 0 Å². The lowest BCUT2D eigenvalue weighted by atomic mass is 9.86. The van der Waals surface area contributed by atoms with E-state index < -0.39 is 24.4 Å². The predicted molar refractivity (Wildman–Crippen MR) is 68.3 cm³/mol. The molecule has 18 heavy (non-hydrogen) atoms. The molecule has 1 aliphatic rings. The zero-order chi connectivity index (χ0) is 13.7. The Morgan fingerprint density at radius 1 is 1.22 bits per heavy atom. The van der Waals surface area contributed by atoms with Crippen LogP contribution in [0.4, 0.5) is 4.39 Å². The maximum Gasteiger partial charge on any atom is 0.516 e. The van der Waals surface area contributed by atoms with Crippen LogP contribution in [0, 0.1) is 6.08 Å². The Labute approximate surface area is 108 Å². The summed E-state index contributed by atoms with van der Waals surface area (Å²) in [5.74, 6) is 0. The van der Waals surface area contributed by atoms with Crippen LogP contribution in [-0.4, -0.2) is 27.9 Å². The molecule has 1 saturated heterocycles. The largest absolute Gasteiger partial charge is 0.516 e. The molecule has 0 radical (unpaired) electrons. The summed E-state index contributed by atoms with van der Waals surface area (Å²) in [6, 6.07) is 0.0219. The minimum absolute atomic E-state index is 0.0219. The van der Waals surface area contributed by atoms with Gasteiger partial charge in [0.2, 0.25) is 0 Å². The molecule has 0 atom stereocenters. The summed E-state index contributed by atoms with van der Waals surface area (Å²) in [4.78, 5) is 3.89. The minimum Gasteiger partial charge on any atom is -0.398 e. The van der Waals surface area contributed by atoms with Crippen LogP contribution in [0.3, 0.4) is 0 Å². The second kappa shape index (κ2) is 4.06. The van der Waals surface area contributed by atoms with Crippen LogP contribution in [0.2, 0.25) is 0 Å². The Balaban J connectivity index is 2.27. The van der Waals surface area contributed by atoms with Crippen LogP contribution >= 0.6 is 0 Å². The van der Waals surface area contributed by atoms with Crippen LogP contribution < -0.4 is 5.59 Å². The Hall–Kier alpha value is -0.875. The number of aromatic nitrogens is 2. The zero-order valence-electron chi connectivity index (χ0n) is 11.8. The first-order chi connectivity index (χ1) is 8.14. The molecule has 0 N–H and O–H groups in total. The molecular formula is C12H20BFN2O2. The number of halogens is 1. The summed E-state index contributed by atoms with van der Waals surface area (Å²) in [7, 11) is -0.607. The molecule has 1 aromatic rings. The van der Waals surface area contributed by atoms with Crippen LogP contribution in [0.5, 0.6) is 0 Å². The van der Waals surface area contributed by atoms with Gasteiger partial charge in [0.1, 0.15) is 0 Å². The van der Waals surface area contributed by atoms with E-state index in [1.165, 1.54) is 4.57 Å². The maximum absolute atomic E-state index is 13.6. The second-order valence-electron chi connectivity index (χ2n) is 6.02. The Kier molecular flexibility index (Phi) is 3.06. The highest BCUT2D eigenvalue weighted by atomic mass is 19.1. The molecule has 1 fully saturated rings. The van der Waals surface area contributed by atoms with Gasteiger partial charge in [-0.2, -0.15) is 4.39 Å². The lowest BCUT2D eigenvalue weighted by molar-refractivity contribution is 0.00578. The first-order valence-corrected chi connectivity index (χ1v) is 6.24. The molecule has 0 spiro atoms. The van der Waals surface area contributed by atoms with E-state index in [9.17, 15) is 4.39 Å². The third-order valence-electron chi connectivity index (χ3n) is 3.76. The summed E-state index contributed by atoms with van der Waals surface area (Å²) < 4.78 is 26.8. The highest BCUT2D eigenvalue weighted by Gasteiger charge is 2.52. The van der Waals surface area contributed by atoms with Gasteiger partial charge in [0.05, 0.1) is 16.8 Å². The van der Waals surface area contributed by atoms with E-state index in [1.54, 1.807) is 6.20 Å². The summed E-state index contributed by atoms with van der Waals surface area (Å²) in [5.41, 5.74) is -0.384. The van der Waals surface area contributed by atoms with Crippen molar-refractivity contribution >= 4 is 12.7 Å². The van der Waals surface area contributed by atoms with Gasteiger partial charge in [-0.25, -0.2) is 4.98 Å². The van der Waals surface area contributed by atoms with E-state index in [-0.39, 0.29) is 6.04 Å². The molecule has 2 heterocycles. The van der Waals surface area contributed by atoms with E-state index in [0.29, 0.717) is 5.59 Å². The molecule has 0 saturated carbocycles. The summed E-state index contributed by atoms with van der Waals surface area (Å²) in [5, 5.41) is 0. The van der Waals surface area contributed by atoms with Crippen molar-refractivity contribution in [2.75, 3.05) is 0 Å². The molecule has 0 aliphatic carbocycles. The van der Waals surface area contributed by atoms with E-state index in [1.807, 2.05) is 41.5 Å². The van der Waals surface area contributed by atoms with Crippen molar-refractivity contribution in [1.29, 1.82) is 0 Å². The van der Waals surface area contributed by atoms with Crippen molar-refractivity contribution in [1.82, 2.24) is 9.55 Å². The van der Waals surface area contributed by atoms with E-state index >= 15 is 0 Å². The van der Waals surface area contributed by atoms with Crippen LogP contribution in [0.25, 0.3) is 0 Å². The van der Waals surface area contributed by atoms with Gasteiger partial charge in [-0.3, -0.25) is 0 Å². The van der Waals surface area contributed by atoms with Crippen molar-refractivity contribution in [3.8, 4) is 0 Å². The van der Waals surface area contributed by atoms with Gasteiger partial charge in [-0.15, -0.1) is 0 Å². The number of hydrogen-bond acceptors (Lipinski definition) is 3. The average Bonchev–Trinajstić information content (AvgIpc) is 2.66. The van der Waals surface area contributed by atoms with Crippen LogP contribution in [0.15, 0.2) is 6.20 Å². The molecule has 0 amide bonds. The zero-order valence-corrected chi connectivity index (χ0v) is 11.8. The van der Waals surface area contributed by atoms with Crippen LogP contribution in [-0.2, 0) is 9.31 Å². The van der Waals surface area contributed by atoms with Crippen molar-refractivity contribution in [2.24, 2.45) is 0 Å². The highest BCUT2D eigenvalue weighted by Crippen LogP contribution is 2.36. The van der Waals surface area contributed by atoms with Crippen molar-refractivity contribution in [2.45, 2.75) is 58.8 Å². The highest BCUT2D eigenvalue weighted by molar-refractivity contribution is 6.61. The smallest absolute Gasteiger partial charge is 0.398 e. The Morgan fingerprint density at radius 3 is 2.11 bits per heavy atom. The summed E-state index contributed by atoms with van der Waals surface area (Å²) >= 11 is 0. The third-order valence-corrected chi connectivity index (χ3v) is 3.76. The molecule has 0 bridgehead atoms. The van der Waals surface area contributed by atoms with Gasteiger partial charge in [0, 0.05) is 12.2 Å². The summed E-state index contributed by atoms with van der Waals surface area (Å²) in [6.45, 7) is 11.6. The Bertz CT molecular complexity index is 441. The fraction of sp³-hybridized carbons (Fsp3) is 0.750. The molecule has 1 aromatic heterocycles. The number of imidazole rings is 1. The fourth-order valence-electron chi connectivity index (χ4n) is 1.83. The minimum atomic E-state index is -0.607. The topological polar surface area (TPSA) is 36.3 Å². The maximum atomic E-state index is 13.6. The first kappa shape index (κ1) is 13.6.